The zero-order valence-corrected chi connectivity index (χ0v) is 8.49. The first-order valence-electron chi connectivity index (χ1n) is 5.02. The van der Waals surface area contributed by atoms with Gasteiger partial charge in [0.2, 0.25) is 0 Å². The Morgan fingerprint density at radius 1 is 1.71 bits per heavy atom. The topological polar surface area (TPSA) is 43.4 Å². The number of hydrogen-bond acceptors (Lipinski definition) is 3. The molecule has 78 valence electrons. The molecule has 2 unspecified atom stereocenters. The van der Waals surface area contributed by atoms with E-state index in [1.807, 2.05) is 0 Å². The van der Waals surface area contributed by atoms with Crippen molar-refractivity contribution in [2.75, 3.05) is 6.61 Å². The molecule has 0 spiro atoms. The monoisotopic (exact) mass is 196 g/mol. The quantitative estimate of drug-likeness (QED) is 0.392. The smallest absolute Gasteiger partial charge is 0.317 e. The van der Waals surface area contributed by atoms with Gasteiger partial charge in [0.15, 0.2) is 0 Å². The van der Waals surface area contributed by atoms with Gasteiger partial charge in [-0.2, -0.15) is 0 Å². The lowest BCUT2D eigenvalue weighted by Gasteiger charge is -2.25. The molecule has 1 aliphatic carbocycles. The van der Waals surface area contributed by atoms with Crippen molar-refractivity contribution >= 4 is 11.8 Å². The largest absolute Gasteiger partial charge is 0.465 e. The summed E-state index contributed by atoms with van der Waals surface area (Å²) in [4.78, 5) is 23.0. The van der Waals surface area contributed by atoms with Crippen LogP contribution in [-0.2, 0) is 14.3 Å². The fraction of sp³-hybridized carbons (Fsp3) is 0.636. The Bertz CT molecular complexity index is 245. The molecule has 2 atom stereocenters. The molecule has 1 aliphatic rings. The highest BCUT2D eigenvalue weighted by atomic mass is 16.5. The summed E-state index contributed by atoms with van der Waals surface area (Å²) < 4.78 is 4.88. The molecular formula is C11H16O3. The van der Waals surface area contributed by atoms with Crippen LogP contribution in [0.5, 0.6) is 0 Å². The van der Waals surface area contributed by atoms with Crippen LogP contribution in [0.4, 0.5) is 0 Å². The minimum Gasteiger partial charge on any atom is -0.465 e. The molecule has 1 fully saturated rings. The summed E-state index contributed by atoms with van der Waals surface area (Å²) in [6.45, 7) is 5.72. The van der Waals surface area contributed by atoms with Gasteiger partial charge in [0.05, 0.1) is 6.61 Å². The molecule has 0 aromatic rings. The van der Waals surface area contributed by atoms with E-state index in [0.717, 1.165) is 12.8 Å². The first kappa shape index (κ1) is 11.0. The van der Waals surface area contributed by atoms with Crippen LogP contribution in [0.2, 0.25) is 0 Å². The summed E-state index contributed by atoms with van der Waals surface area (Å²) in [7, 11) is 0. The molecule has 0 aliphatic heterocycles. The van der Waals surface area contributed by atoms with Gasteiger partial charge in [0, 0.05) is 6.42 Å². The van der Waals surface area contributed by atoms with Crippen molar-refractivity contribution < 1.29 is 14.3 Å². The lowest BCUT2D eigenvalue weighted by molar-refractivity contribution is -0.154. The van der Waals surface area contributed by atoms with Crippen molar-refractivity contribution in [3.8, 4) is 0 Å². The van der Waals surface area contributed by atoms with E-state index in [9.17, 15) is 9.59 Å². The van der Waals surface area contributed by atoms with E-state index >= 15 is 0 Å². The number of carbonyl (C=O) groups is 2. The summed E-state index contributed by atoms with van der Waals surface area (Å²) in [5, 5.41) is 0. The fourth-order valence-electron chi connectivity index (χ4n) is 1.87. The molecule has 1 saturated carbocycles. The maximum atomic E-state index is 11.5. The van der Waals surface area contributed by atoms with Crippen LogP contribution in [0.25, 0.3) is 0 Å². The lowest BCUT2D eigenvalue weighted by atomic mass is 9.78. The Morgan fingerprint density at radius 3 is 3.00 bits per heavy atom. The van der Waals surface area contributed by atoms with E-state index in [-0.39, 0.29) is 17.7 Å². The molecule has 3 heteroatoms. The summed E-state index contributed by atoms with van der Waals surface area (Å²) in [5.74, 6) is -1.02. The van der Waals surface area contributed by atoms with E-state index in [1.165, 1.54) is 0 Å². The summed E-state index contributed by atoms with van der Waals surface area (Å²) in [5.41, 5.74) is 0. The lowest BCUT2D eigenvalue weighted by Crippen LogP contribution is -2.35. The summed E-state index contributed by atoms with van der Waals surface area (Å²) >= 11 is 0. The zero-order chi connectivity index (χ0) is 10.6. The Labute approximate surface area is 84.1 Å². The number of Topliss-reactive ketones (excluding diaryl/α,β-unsaturated/α-hetero) is 1. The molecule has 0 aromatic carbocycles. The second-order valence-corrected chi connectivity index (χ2v) is 3.49. The van der Waals surface area contributed by atoms with Crippen molar-refractivity contribution in [3.63, 3.8) is 0 Å². The molecule has 0 amide bonds. The van der Waals surface area contributed by atoms with Gasteiger partial charge in [-0.1, -0.05) is 6.08 Å². The first-order chi connectivity index (χ1) is 6.70. The third kappa shape index (κ3) is 2.22. The van der Waals surface area contributed by atoms with Crippen LogP contribution >= 0.6 is 0 Å². The van der Waals surface area contributed by atoms with Crippen molar-refractivity contribution in [2.24, 2.45) is 11.8 Å². The third-order valence-electron chi connectivity index (χ3n) is 2.58. The third-order valence-corrected chi connectivity index (χ3v) is 2.58. The highest BCUT2D eigenvalue weighted by molar-refractivity contribution is 6.00. The Kier molecular flexibility index (Phi) is 3.86. The number of allylic oxidation sites excluding steroid dienone is 1. The second kappa shape index (κ2) is 4.94. The summed E-state index contributed by atoms with van der Waals surface area (Å²) in [6, 6.07) is 0. The van der Waals surface area contributed by atoms with E-state index in [0.29, 0.717) is 13.0 Å². The zero-order valence-electron chi connectivity index (χ0n) is 8.49. The van der Waals surface area contributed by atoms with Crippen LogP contribution in [0.3, 0.4) is 0 Å². The molecule has 0 saturated heterocycles. The van der Waals surface area contributed by atoms with Crippen molar-refractivity contribution in [1.82, 2.24) is 0 Å². The number of rotatable bonds is 3. The highest BCUT2D eigenvalue weighted by Crippen LogP contribution is 2.29. The standard InChI is InChI=1S/C11H16O3/c1-3-8-6-5-7-9(12)10(8)11(13)14-4-2/h3,8,10H,1,4-7H2,2H3. The van der Waals surface area contributed by atoms with E-state index in [4.69, 9.17) is 4.74 Å². The molecule has 0 heterocycles. The molecule has 14 heavy (non-hydrogen) atoms. The Balaban J connectivity index is 2.73. The fourth-order valence-corrected chi connectivity index (χ4v) is 1.87. The predicted molar refractivity (Wildman–Crippen MR) is 52.7 cm³/mol. The van der Waals surface area contributed by atoms with Crippen molar-refractivity contribution in [1.29, 1.82) is 0 Å². The van der Waals surface area contributed by atoms with Crippen LogP contribution in [0, 0.1) is 11.8 Å². The first-order valence-corrected chi connectivity index (χ1v) is 5.02. The van der Waals surface area contributed by atoms with Crippen molar-refractivity contribution in [2.45, 2.75) is 26.2 Å². The van der Waals surface area contributed by atoms with Crippen LogP contribution < -0.4 is 0 Å². The average molecular weight is 196 g/mol. The van der Waals surface area contributed by atoms with Crippen LogP contribution in [0.15, 0.2) is 12.7 Å². The number of ketones is 1. The Morgan fingerprint density at radius 2 is 2.43 bits per heavy atom. The maximum Gasteiger partial charge on any atom is 0.317 e. The molecule has 1 rings (SSSR count). The van der Waals surface area contributed by atoms with Gasteiger partial charge in [-0.25, -0.2) is 0 Å². The maximum absolute atomic E-state index is 11.5. The number of hydrogen-bond donors (Lipinski definition) is 0. The summed E-state index contributed by atoms with van der Waals surface area (Å²) in [6.07, 6.45) is 3.90. The molecule has 0 aromatic heterocycles. The predicted octanol–water partition coefficient (Wildman–Crippen LogP) is 1.72. The number of carbonyl (C=O) groups excluding carboxylic acids is 2. The number of ether oxygens (including phenoxy) is 1. The Hall–Kier alpha value is -1.12. The van der Waals surface area contributed by atoms with Gasteiger partial charge >= 0.3 is 5.97 Å². The molecule has 3 nitrogen and oxygen atoms in total. The average Bonchev–Trinajstić information content (AvgIpc) is 2.17. The molecule has 0 bridgehead atoms. The number of esters is 1. The minimum atomic E-state index is -0.596. The normalized spacial score (nSPS) is 27.1. The minimum absolute atomic E-state index is 0.000370. The molecule has 0 radical (unpaired) electrons. The highest BCUT2D eigenvalue weighted by Gasteiger charge is 2.36. The van der Waals surface area contributed by atoms with E-state index < -0.39 is 5.92 Å². The van der Waals surface area contributed by atoms with Gasteiger partial charge in [-0.3, -0.25) is 9.59 Å². The SMILES string of the molecule is C=CC1CCCC(=O)C1C(=O)OCC. The molecular weight excluding hydrogens is 180 g/mol. The van der Waals surface area contributed by atoms with Gasteiger partial charge in [0.25, 0.3) is 0 Å². The molecule has 0 N–H and O–H groups in total. The van der Waals surface area contributed by atoms with Gasteiger partial charge in [0.1, 0.15) is 11.7 Å². The van der Waals surface area contributed by atoms with E-state index in [1.54, 1.807) is 13.0 Å². The van der Waals surface area contributed by atoms with Gasteiger partial charge in [-0.05, 0) is 25.7 Å². The van der Waals surface area contributed by atoms with E-state index in [2.05, 4.69) is 6.58 Å². The van der Waals surface area contributed by atoms with Gasteiger partial charge in [-0.15, -0.1) is 6.58 Å². The second-order valence-electron chi connectivity index (χ2n) is 3.49. The van der Waals surface area contributed by atoms with Crippen molar-refractivity contribution in [3.05, 3.63) is 12.7 Å². The van der Waals surface area contributed by atoms with Crippen LogP contribution in [-0.4, -0.2) is 18.4 Å². The van der Waals surface area contributed by atoms with Gasteiger partial charge < -0.3 is 4.74 Å². The van der Waals surface area contributed by atoms with Crippen LogP contribution in [0.1, 0.15) is 26.2 Å².